The van der Waals surface area contributed by atoms with E-state index in [-0.39, 0.29) is 22.8 Å². The van der Waals surface area contributed by atoms with Gasteiger partial charge in [-0.15, -0.1) is 4.40 Å². The lowest BCUT2D eigenvalue weighted by Crippen LogP contribution is -2.46. The molecule has 0 N–H and O–H groups in total. The molecule has 0 spiro atoms. The Bertz CT molecular complexity index is 840. The van der Waals surface area contributed by atoms with Gasteiger partial charge in [-0.3, -0.25) is 4.79 Å². The molecule has 1 fully saturated rings. The molecule has 0 saturated carbocycles. The smallest absolute Gasteiger partial charge is 0.285 e. The molecule has 1 saturated heterocycles. The molecule has 7 heteroatoms. The fourth-order valence-corrected chi connectivity index (χ4v) is 5.27. The van der Waals surface area contributed by atoms with Crippen LogP contribution < -0.4 is 0 Å². The summed E-state index contributed by atoms with van der Waals surface area (Å²) in [4.78, 5) is 17.4. The predicted octanol–water partition coefficient (Wildman–Crippen LogP) is 3.27. The highest BCUT2D eigenvalue weighted by Gasteiger charge is 2.35. The molecule has 2 heterocycles. The highest BCUT2D eigenvalue weighted by molar-refractivity contribution is 7.90. The van der Waals surface area contributed by atoms with Crippen molar-refractivity contribution in [2.45, 2.75) is 63.8 Å². The van der Waals surface area contributed by atoms with Crippen molar-refractivity contribution in [3.8, 4) is 0 Å². The van der Waals surface area contributed by atoms with E-state index in [2.05, 4.69) is 25.2 Å². The Hall–Kier alpha value is -1.89. The molecular weight excluding hydrogens is 374 g/mol. The number of unbranched alkanes of at least 4 members (excludes halogenated alkanes) is 2. The van der Waals surface area contributed by atoms with Crippen molar-refractivity contribution in [1.82, 2.24) is 9.80 Å². The summed E-state index contributed by atoms with van der Waals surface area (Å²) in [5, 5.41) is 0. The fourth-order valence-electron chi connectivity index (χ4n) is 4.04. The quantitative estimate of drug-likeness (QED) is 0.681. The Morgan fingerprint density at radius 2 is 1.89 bits per heavy atom. The standard InChI is InChI=1S/C21H31N3O3S/c1-4-5-8-13-24(16(2)3)21(25)17-11-14-23(15-12-17)20-18-9-6-7-10-19(18)28(26,27)22-20/h6-7,9-10,16-17H,4-5,8,11-15H2,1-3H3. The summed E-state index contributed by atoms with van der Waals surface area (Å²) in [6.45, 7) is 8.45. The van der Waals surface area contributed by atoms with Gasteiger partial charge in [0, 0.05) is 37.2 Å². The summed E-state index contributed by atoms with van der Waals surface area (Å²) in [6.07, 6.45) is 4.80. The zero-order chi connectivity index (χ0) is 20.3. The number of rotatable bonds is 6. The molecule has 6 nitrogen and oxygen atoms in total. The second-order valence-corrected chi connectivity index (χ2v) is 9.55. The summed E-state index contributed by atoms with van der Waals surface area (Å²) in [5.41, 5.74) is 0.677. The van der Waals surface area contributed by atoms with Crippen LogP contribution in [0.4, 0.5) is 0 Å². The van der Waals surface area contributed by atoms with Gasteiger partial charge in [-0.2, -0.15) is 8.42 Å². The van der Waals surface area contributed by atoms with E-state index in [1.807, 2.05) is 21.9 Å². The number of benzene rings is 1. The van der Waals surface area contributed by atoms with Crippen LogP contribution in [0.15, 0.2) is 33.6 Å². The van der Waals surface area contributed by atoms with Gasteiger partial charge in [0.2, 0.25) is 5.91 Å². The van der Waals surface area contributed by atoms with Gasteiger partial charge in [-0.05, 0) is 45.2 Å². The van der Waals surface area contributed by atoms with Crippen molar-refractivity contribution in [2.75, 3.05) is 19.6 Å². The zero-order valence-electron chi connectivity index (χ0n) is 17.1. The van der Waals surface area contributed by atoms with E-state index in [9.17, 15) is 13.2 Å². The Labute approximate surface area is 168 Å². The average Bonchev–Trinajstić information content (AvgIpc) is 2.96. The van der Waals surface area contributed by atoms with Gasteiger partial charge in [0.05, 0.1) is 0 Å². The second kappa shape index (κ2) is 8.64. The lowest BCUT2D eigenvalue weighted by molar-refractivity contribution is -0.138. The van der Waals surface area contributed by atoms with Crippen LogP contribution in [0.25, 0.3) is 0 Å². The van der Waals surface area contributed by atoms with Crippen molar-refractivity contribution in [1.29, 1.82) is 0 Å². The minimum Gasteiger partial charge on any atom is -0.355 e. The van der Waals surface area contributed by atoms with Gasteiger partial charge in [0.25, 0.3) is 10.0 Å². The van der Waals surface area contributed by atoms with E-state index >= 15 is 0 Å². The number of fused-ring (bicyclic) bond motifs is 1. The van der Waals surface area contributed by atoms with Crippen molar-refractivity contribution in [3.63, 3.8) is 0 Å². The monoisotopic (exact) mass is 405 g/mol. The molecule has 2 aliphatic rings. The van der Waals surface area contributed by atoms with Crippen molar-refractivity contribution in [2.24, 2.45) is 10.3 Å². The molecule has 1 aromatic carbocycles. The largest absolute Gasteiger partial charge is 0.355 e. The fraction of sp³-hybridized carbons (Fsp3) is 0.619. The number of nitrogens with zero attached hydrogens (tertiary/aromatic N) is 3. The Balaban J connectivity index is 1.65. The minimum atomic E-state index is -3.60. The predicted molar refractivity (Wildman–Crippen MR) is 111 cm³/mol. The summed E-state index contributed by atoms with van der Waals surface area (Å²) in [5.74, 6) is 0.784. The number of carbonyl (C=O) groups is 1. The maximum Gasteiger partial charge on any atom is 0.285 e. The van der Waals surface area contributed by atoms with Gasteiger partial charge in [0.15, 0.2) is 5.84 Å². The van der Waals surface area contributed by atoms with E-state index in [4.69, 9.17) is 0 Å². The molecular formula is C21H31N3O3S. The average molecular weight is 406 g/mol. The zero-order valence-corrected chi connectivity index (χ0v) is 17.9. The molecule has 0 atom stereocenters. The van der Waals surface area contributed by atoms with E-state index in [1.165, 1.54) is 0 Å². The van der Waals surface area contributed by atoms with Crippen LogP contribution in [0.2, 0.25) is 0 Å². The lowest BCUT2D eigenvalue weighted by Gasteiger charge is -2.36. The van der Waals surface area contributed by atoms with E-state index in [0.29, 0.717) is 24.5 Å². The topological polar surface area (TPSA) is 70.1 Å². The second-order valence-electron chi connectivity index (χ2n) is 7.98. The third-order valence-corrected chi connectivity index (χ3v) is 6.99. The maximum atomic E-state index is 13.0. The molecule has 0 bridgehead atoms. The lowest BCUT2D eigenvalue weighted by atomic mass is 9.94. The van der Waals surface area contributed by atoms with Crippen LogP contribution in [-0.2, 0) is 14.8 Å². The van der Waals surface area contributed by atoms with Crippen molar-refractivity contribution >= 4 is 21.8 Å². The molecule has 0 aromatic heterocycles. The number of carbonyl (C=O) groups excluding carboxylic acids is 1. The maximum absolute atomic E-state index is 13.0. The summed E-state index contributed by atoms with van der Waals surface area (Å²) in [7, 11) is -3.60. The summed E-state index contributed by atoms with van der Waals surface area (Å²) in [6, 6.07) is 7.18. The molecule has 3 rings (SSSR count). The molecule has 1 aromatic rings. The number of amides is 1. The van der Waals surface area contributed by atoms with Gasteiger partial charge >= 0.3 is 0 Å². The first-order valence-corrected chi connectivity index (χ1v) is 11.8. The van der Waals surface area contributed by atoms with Crippen molar-refractivity contribution < 1.29 is 13.2 Å². The first kappa shape index (κ1) is 20.8. The SMILES string of the molecule is CCCCCN(C(=O)C1CCN(C2=NS(=O)(=O)c3ccccc32)CC1)C(C)C. The molecule has 1 amide bonds. The number of hydrogen-bond acceptors (Lipinski definition) is 4. The number of piperidine rings is 1. The first-order valence-electron chi connectivity index (χ1n) is 10.3. The number of amidine groups is 1. The highest BCUT2D eigenvalue weighted by Crippen LogP contribution is 2.30. The Morgan fingerprint density at radius 1 is 1.21 bits per heavy atom. The molecule has 2 aliphatic heterocycles. The van der Waals surface area contributed by atoms with Gasteiger partial charge < -0.3 is 9.80 Å². The number of sulfonamides is 1. The molecule has 0 unspecified atom stereocenters. The van der Waals surface area contributed by atoms with Gasteiger partial charge in [0.1, 0.15) is 4.90 Å². The van der Waals surface area contributed by atoms with Crippen LogP contribution in [0.3, 0.4) is 0 Å². The van der Waals surface area contributed by atoms with Crippen LogP contribution in [0, 0.1) is 5.92 Å². The summed E-state index contributed by atoms with van der Waals surface area (Å²) >= 11 is 0. The third-order valence-electron chi connectivity index (χ3n) is 5.67. The molecule has 0 radical (unpaired) electrons. The molecule has 154 valence electrons. The highest BCUT2D eigenvalue weighted by atomic mass is 32.2. The van der Waals surface area contributed by atoms with E-state index in [0.717, 1.165) is 38.6 Å². The Morgan fingerprint density at radius 3 is 2.54 bits per heavy atom. The third kappa shape index (κ3) is 4.24. The normalized spacial score (nSPS) is 18.9. The summed E-state index contributed by atoms with van der Waals surface area (Å²) < 4.78 is 28.6. The number of likely N-dealkylation sites (tertiary alicyclic amines) is 1. The van der Waals surface area contributed by atoms with Gasteiger partial charge in [-0.25, -0.2) is 0 Å². The van der Waals surface area contributed by atoms with Crippen LogP contribution in [0.1, 0.15) is 58.4 Å². The van der Waals surface area contributed by atoms with E-state index < -0.39 is 10.0 Å². The van der Waals surface area contributed by atoms with Crippen LogP contribution in [0.5, 0.6) is 0 Å². The minimum absolute atomic E-state index is 0.00845. The molecule has 0 aliphatic carbocycles. The molecule has 28 heavy (non-hydrogen) atoms. The van der Waals surface area contributed by atoms with E-state index in [1.54, 1.807) is 12.1 Å². The Kier molecular flexibility index (Phi) is 6.43. The number of hydrogen-bond donors (Lipinski definition) is 0. The first-order chi connectivity index (χ1) is 13.3. The van der Waals surface area contributed by atoms with Gasteiger partial charge in [-0.1, -0.05) is 31.9 Å². The van der Waals surface area contributed by atoms with Crippen LogP contribution in [-0.4, -0.2) is 55.6 Å². The van der Waals surface area contributed by atoms with Crippen molar-refractivity contribution in [3.05, 3.63) is 29.8 Å². The van der Waals surface area contributed by atoms with Crippen LogP contribution >= 0.6 is 0 Å².